The molecule has 0 aliphatic carbocycles. The van der Waals surface area contributed by atoms with Gasteiger partial charge in [-0.05, 0) is 43.5 Å². The number of rotatable bonds is 8. The minimum atomic E-state index is -0.296. The third-order valence-corrected chi connectivity index (χ3v) is 6.03. The van der Waals surface area contributed by atoms with Crippen molar-refractivity contribution in [2.75, 3.05) is 6.61 Å². The molecule has 0 N–H and O–H groups in total. The van der Waals surface area contributed by atoms with E-state index in [-0.39, 0.29) is 12.4 Å². The number of aldehydes is 1. The highest BCUT2D eigenvalue weighted by Gasteiger charge is 2.21. The maximum Gasteiger partial charge on any atom is 0.311 e. The van der Waals surface area contributed by atoms with E-state index in [2.05, 4.69) is 6.07 Å². The summed E-state index contributed by atoms with van der Waals surface area (Å²) in [6, 6.07) is 14.0. The van der Waals surface area contributed by atoms with Crippen LogP contribution in [0.1, 0.15) is 39.0 Å². The number of carbonyl (C=O) groups is 2. The van der Waals surface area contributed by atoms with Gasteiger partial charge in [0, 0.05) is 16.6 Å². The lowest BCUT2D eigenvalue weighted by atomic mass is 10.0. The third-order valence-electron chi connectivity index (χ3n) is 5.05. The van der Waals surface area contributed by atoms with Gasteiger partial charge in [-0.15, -0.1) is 11.3 Å². The average molecular weight is 449 g/mol. The fourth-order valence-electron chi connectivity index (χ4n) is 3.71. The Morgan fingerprint density at radius 3 is 2.69 bits per heavy atom. The van der Waals surface area contributed by atoms with Crippen molar-refractivity contribution >= 4 is 28.6 Å². The number of aryl methyl sites for hydroxylation is 2. The van der Waals surface area contributed by atoms with Crippen molar-refractivity contribution in [2.24, 2.45) is 0 Å². The number of carbonyl (C=O) groups excluding carboxylic acids is 2. The van der Waals surface area contributed by atoms with Crippen molar-refractivity contribution in [3.05, 3.63) is 75.9 Å². The summed E-state index contributed by atoms with van der Waals surface area (Å²) in [5.41, 5.74) is 4.88. The van der Waals surface area contributed by atoms with Crippen molar-refractivity contribution in [2.45, 2.75) is 33.8 Å². The van der Waals surface area contributed by atoms with Crippen LogP contribution in [0.5, 0.6) is 5.75 Å². The molecule has 2 aromatic carbocycles. The number of nitrogens with zero attached hydrogens (tertiary/aromatic N) is 2. The van der Waals surface area contributed by atoms with E-state index in [1.54, 1.807) is 17.5 Å². The zero-order chi connectivity index (χ0) is 22.7. The highest BCUT2D eigenvalue weighted by atomic mass is 32.1. The second kappa shape index (κ2) is 9.36. The molecule has 0 amide bonds. The van der Waals surface area contributed by atoms with Gasteiger partial charge in [0.15, 0.2) is 11.2 Å². The van der Waals surface area contributed by atoms with Crippen molar-refractivity contribution < 1.29 is 19.1 Å². The molecule has 4 rings (SSSR count). The zero-order valence-electron chi connectivity index (χ0n) is 18.3. The monoisotopic (exact) mass is 448 g/mol. The van der Waals surface area contributed by atoms with E-state index in [0.717, 1.165) is 33.4 Å². The molecule has 0 bridgehead atoms. The maximum absolute atomic E-state index is 12.1. The number of aromatic nitrogens is 2. The van der Waals surface area contributed by atoms with E-state index in [1.165, 1.54) is 11.3 Å². The molecule has 0 atom stereocenters. The molecule has 7 heteroatoms. The number of thiazole rings is 1. The van der Waals surface area contributed by atoms with Crippen LogP contribution in [0, 0.1) is 13.8 Å². The first-order valence-electron chi connectivity index (χ1n) is 10.4. The molecule has 0 aliphatic heterocycles. The standard InChI is InChI=1S/C25H24N2O4S/c1-4-30-22(29)12-19-13-27-21(14-28)23(26-25(27)32-19)20-11-16(2)10-17(3)24(20)31-15-18-8-6-5-7-9-18/h5-11,13-14H,4,12,15H2,1-3H3. The van der Waals surface area contributed by atoms with Crippen molar-refractivity contribution in [1.82, 2.24) is 9.38 Å². The quantitative estimate of drug-likeness (QED) is 0.274. The number of benzene rings is 2. The van der Waals surface area contributed by atoms with Crippen LogP contribution in [0.25, 0.3) is 16.2 Å². The van der Waals surface area contributed by atoms with E-state index >= 15 is 0 Å². The van der Waals surface area contributed by atoms with Gasteiger partial charge in [0.2, 0.25) is 0 Å². The minimum absolute atomic E-state index is 0.157. The number of hydrogen-bond donors (Lipinski definition) is 0. The van der Waals surface area contributed by atoms with Gasteiger partial charge in [0.1, 0.15) is 23.7 Å². The highest BCUT2D eigenvalue weighted by Crippen LogP contribution is 2.37. The van der Waals surface area contributed by atoms with Crippen LogP contribution in [-0.4, -0.2) is 28.2 Å². The lowest BCUT2D eigenvalue weighted by Crippen LogP contribution is -2.06. The number of imidazole rings is 1. The molecule has 164 valence electrons. The van der Waals surface area contributed by atoms with Crippen molar-refractivity contribution in [1.29, 1.82) is 0 Å². The first kappa shape index (κ1) is 21.8. The molecule has 0 saturated heterocycles. The fraction of sp³-hybridized carbons (Fsp3) is 0.240. The predicted molar refractivity (Wildman–Crippen MR) is 124 cm³/mol. The van der Waals surface area contributed by atoms with Gasteiger partial charge in [-0.2, -0.15) is 0 Å². The minimum Gasteiger partial charge on any atom is -0.488 e. The van der Waals surface area contributed by atoms with Crippen LogP contribution in [-0.2, 0) is 22.6 Å². The Balaban J connectivity index is 1.73. The Morgan fingerprint density at radius 2 is 1.97 bits per heavy atom. The van der Waals surface area contributed by atoms with E-state index in [9.17, 15) is 9.59 Å². The van der Waals surface area contributed by atoms with E-state index in [4.69, 9.17) is 14.5 Å². The molecule has 32 heavy (non-hydrogen) atoms. The largest absolute Gasteiger partial charge is 0.488 e. The third kappa shape index (κ3) is 4.43. The van der Waals surface area contributed by atoms with Crippen LogP contribution in [0.3, 0.4) is 0 Å². The lowest BCUT2D eigenvalue weighted by molar-refractivity contribution is -0.142. The number of fused-ring (bicyclic) bond motifs is 1. The molecule has 0 spiro atoms. The second-order valence-corrected chi connectivity index (χ2v) is 8.62. The topological polar surface area (TPSA) is 69.9 Å². The van der Waals surface area contributed by atoms with Crippen LogP contribution in [0.2, 0.25) is 0 Å². The van der Waals surface area contributed by atoms with Crippen LogP contribution in [0.15, 0.2) is 48.7 Å². The van der Waals surface area contributed by atoms with Crippen LogP contribution < -0.4 is 4.74 Å². The van der Waals surface area contributed by atoms with E-state index in [0.29, 0.717) is 35.3 Å². The summed E-state index contributed by atoms with van der Waals surface area (Å²) >= 11 is 1.37. The normalized spacial score (nSPS) is 11.0. The van der Waals surface area contributed by atoms with Crippen LogP contribution >= 0.6 is 11.3 Å². The van der Waals surface area contributed by atoms with Gasteiger partial charge >= 0.3 is 5.97 Å². The van der Waals surface area contributed by atoms with Gasteiger partial charge in [0.25, 0.3) is 0 Å². The number of ether oxygens (including phenoxy) is 2. The summed E-state index contributed by atoms with van der Waals surface area (Å²) in [5, 5.41) is 0. The molecule has 0 fully saturated rings. The number of hydrogen-bond acceptors (Lipinski definition) is 6. The Hall–Kier alpha value is -3.45. The predicted octanol–water partition coefficient (Wildman–Crippen LogP) is 5.18. The molecule has 4 aromatic rings. The lowest BCUT2D eigenvalue weighted by Gasteiger charge is -2.15. The number of esters is 1. The smallest absolute Gasteiger partial charge is 0.311 e. The van der Waals surface area contributed by atoms with Crippen molar-refractivity contribution in [3.63, 3.8) is 0 Å². The molecule has 0 aliphatic rings. The second-order valence-electron chi connectivity index (χ2n) is 7.53. The van der Waals surface area contributed by atoms with Gasteiger partial charge < -0.3 is 9.47 Å². The Labute approximate surface area is 190 Å². The first-order valence-corrected chi connectivity index (χ1v) is 11.2. The Bertz CT molecular complexity index is 1270. The molecule has 2 heterocycles. The summed E-state index contributed by atoms with van der Waals surface area (Å²) in [7, 11) is 0. The average Bonchev–Trinajstić information content (AvgIpc) is 3.30. The summed E-state index contributed by atoms with van der Waals surface area (Å²) in [4.78, 5) is 30.1. The summed E-state index contributed by atoms with van der Waals surface area (Å²) in [6.45, 7) is 6.53. The molecular weight excluding hydrogens is 424 g/mol. The first-order chi connectivity index (χ1) is 15.5. The summed E-state index contributed by atoms with van der Waals surface area (Å²) in [6.07, 6.45) is 2.74. The molecule has 2 aromatic heterocycles. The molecule has 6 nitrogen and oxygen atoms in total. The summed E-state index contributed by atoms with van der Waals surface area (Å²) < 4.78 is 13.0. The fourth-order valence-corrected chi connectivity index (χ4v) is 4.68. The van der Waals surface area contributed by atoms with Crippen LogP contribution in [0.4, 0.5) is 0 Å². The van der Waals surface area contributed by atoms with Gasteiger partial charge in [0.05, 0.1) is 13.0 Å². The maximum atomic E-state index is 12.1. The van der Waals surface area contributed by atoms with Gasteiger partial charge in [-0.3, -0.25) is 14.0 Å². The Morgan fingerprint density at radius 1 is 1.19 bits per heavy atom. The van der Waals surface area contributed by atoms with E-state index in [1.807, 2.05) is 50.2 Å². The molecule has 0 saturated carbocycles. The highest BCUT2D eigenvalue weighted by molar-refractivity contribution is 7.17. The zero-order valence-corrected chi connectivity index (χ0v) is 19.1. The molecular formula is C25H24N2O4S. The molecule has 0 unspecified atom stereocenters. The van der Waals surface area contributed by atoms with Crippen molar-refractivity contribution in [3.8, 4) is 17.0 Å². The van der Waals surface area contributed by atoms with Gasteiger partial charge in [-0.1, -0.05) is 36.4 Å². The Kier molecular flexibility index (Phi) is 6.37. The molecule has 0 radical (unpaired) electrons. The summed E-state index contributed by atoms with van der Waals surface area (Å²) in [5.74, 6) is 0.413. The van der Waals surface area contributed by atoms with Gasteiger partial charge in [-0.25, -0.2) is 4.98 Å². The SMILES string of the molecule is CCOC(=O)Cc1cn2c(C=O)c(-c3cc(C)cc(C)c3OCc3ccccc3)nc2s1. The van der Waals surface area contributed by atoms with E-state index < -0.39 is 0 Å².